The molecule has 0 spiro atoms. The van der Waals surface area contributed by atoms with Gasteiger partial charge < -0.3 is 4.74 Å². The third kappa shape index (κ3) is 7.34. The highest BCUT2D eigenvalue weighted by atomic mass is 16.5. The van der Waals surface area contributed by atoms with Crippen LogP contribution in [-0.2, 0) is 4.74 Å². The van der Waals surface area contributed by atoms with Crippen LogP contribution in [0.1, 0.15) is 40.5 Å². The molecule has 0 aliphatic carbocycles. The number of morpholine rings is 1. The number of hydrogen-bond donors (Lipinski definition) is 0. The Labute approximate surface area is 89.6 Å². The minimum Gasteiger partial charge on any atom is -0.379 e. The predicted octanol–water partition coefficient (Wildman–Crippen LogP) is 2.78. The molecule has 2 heteroatoms. The maximum Gasteiger partial charge on any atom is 0.0594 e. The summed E-state index contributed by atoms with van der Waals surface area (Å²) < 4.78 is 5.29. The predicted molar refractivity (Wildman–Crippen MR) is 62.7 cm³/mol. The number of hydrogen-bond acceptors (Lipinski definition) is 2. The first-order valence-corrected chi connectivity index (χ1v) is 6.09. The second-order valence-corrected chi connectivity index (χ2v) is 3.99. The lowest BCUT2D eigenvalue weighted by Crippen LogP contribution is -2.36. The van der Waals surface area contributed by atoms with Gasteiger partial charge in [-0.25, -0.2) is 0 Å². The molecule has 0 aromatic rings. The summed E-state index contributed by atoms with van der Waals surface area (Å²) in [6.07, 6.45) is 2.70. The van der Waals surface area contributed by atoms with Crippen molar-refractivity contribution in [3.63, 3.8) is 0 Å². The van der Waals surface area contributed by atoms with Crippen LogP contribution in [0.25, 0.3) is 0 Å². The van der Waals surface area contributed by atoms with E-state index in [0.29, 0.717) is 0 Å². The van der Waals surface area contributed by atoms with Gasteiger partial charge in [0.15, 0.2) is 0 Å². The van der Waals surface area contributed by atoms with Gasteiger partial charge >= 0.3 is 0 Å². The Morgan fingerprint density at radius 1 is 1.14 bits per heavy atom. The van der Waals surface area contributed by atoms with Crippen LogP contribution in [0.15, 0.2) is 0 Å². The van der Waals surface area contributed by atoms with E-state index < -0.39 is 0 Å². The first-order valence-electron chi connectivity index (χ1n) is 6.09. The van der Waals surface area contributed by atoms with Crippen LogP contribution < -0.4 is 0 Å². The molecule has 0 saturated carbocycles. The summed E-state index contributed by atoms with van der Waals surface area (Å²) >= 11 is 0. The van der Waals surface area contributed by atoms with Gasteiger partial charge in [-0.3, -0.25) is 4.90 Å². The molecule has 0 radical (unpaired) electrons. The van der Waals surface area contributed by atoms with Gasteiger partial charge in [0.05, 0.1) is 13.2 Å². The molecule has 1 fully saturated rings. The smallest absolute Gasteiger partial charge is 0.0594 e. The SMILES string of the molecule is CC.CC(C)CCCN1CCOCC1. The summed E-state index contributed by atoms with van der Waals surface area (Å²) in [7, 11) is 0. The average molecular weight is 201 g/mol. The van der Waals surface area contributed by atoms with E-state index >= 15 is 0 Å². The fraction of sp³-hybridized carbons (Fsp3) is 1.00. The summed E-state index contributed by atoms with van der Waals surface area (Å²) in [6, 6.07) is 0. The summed E-state index contributed by atoms with van der Waals surface area (Å²) in [4.78, 5) is 2.51. The van der Waals surface area contributed by atoms with Crippen molar-refractivity contribution in [2.75, 3.05) is 32.8 Å². The first kappa shape index (κ1) is 13.9. The fourth-order valence-electron chi connectivity index (χ4n) is 1.55. The Morgan fingerprint density at radius 2 is 1.71 bits per heavy atom. The van der Waals surface area contributed by atoms with Crippen LogP contribution >= 0.6 is 0 Å². The van der Waals surface area contributed by atoms with Gasteiger partial charge in [0, 0.05) is 13.1 Å². The molecule has 14 heavy (non-hydrogen) atoms. The van der Waals surface area contributed by atoms with Crippen LogP contribution in [-0.4, -0.2) is 37.7 Å². The minimum atomic E-state index is 0.853. The van der Waals surface area contributed by atoms with E-state index in [-0.39, 0.29) is 0 Å². The van der Waals surface area contributed by atoms with Crippen LogP contribution in [0.4, 0.5) is 0 Å². The number of nitrogens with zero attached hydrogens (tertiary/aromatic N) is 1. The van der Waals surface area contributed by atoms with Gasteiger partial charge in [0.1, 0.15) is 0 Å². The van der Waals surface area contributed by atoms with E-state index in [9.17, 15) is 0 Å². The van der Waals surface area contributed by atoms with Crippen LogP contribution in [0.3, 0.4) is 0 Å². The maximum atomic E-state index is 5.29. The molecule has 0 aromatic heterocycles. The van der Waals surface area contributed by atoms with Crippen molar-refractivity contribution in [3.05, 3.63) is 0 Å². The van der Waals surface area contributed by atoms with Crippen LogP contribution in [0, 0.1) is 5.92 Å². The molecule has 0 aromatic carbocycles. The molecule has 0 amide bonds. The van der Waals surface area contributed by atoms with E-state index in [2.05, 4.69) is 18.7 Å². The molecule has 1 aliphatic heterocycles. The minimum absolute atomic E-state index is 0.853. The van der Waals surface area contributed by atoms with Crippen LogP contribution in [0.2, 0.25) is 0 Å². The zero-order chi connectivity index (χ0) is 10.8. The Balaban J connectivity index is 0.000000791. The molecule has 0 atom stereocenters. The van der Waals surface area contributed by atoms with Gasteiger partial charge in [-0.05, 0) is 25.3 Å². The molecular weight excluding hydrogens is 174 g/mol. The highest BCUT2D eigenvalue weighted by Gasteiger charge is 2.09. The standard InChI is InChI=1S/C10H21NO.C2H6/c1-10(2)4-3-5-11-6-8-12-9-7-11;1-2/h10H,3-9H2,1-2H3;1-2H3. The number of ether oxygens (including phenoxy) is 1. The highest BCUT2D eigenvalue weighted by molar-refractivity contribution is 4.61. The molecule has 1 aliphatic rings. The van der Waals surface area contributed by atoms with Gasteiger partial charge in [-0.1, -0.05) is 27.7 Å². The summed E-state index contributed by atoms with van der Waals surface area (Å²) in [6.45, 7) is 14.0. The molecule has 0 bridgehead atoms. The van der Waals surface area contributed by atoms with Crippen molar-refractivity contribution in [2.45, 2.75) is 40.5 Å². The van der Waals surface area contributed by atoms with E-state index in [4.69, 9.17) is 4.74 Å². The molecule has 1 heterocycles. The number of rotatable bonds is 4. The Hall–Kier alpha value is -0.0800. The fourth-order valence-corrected chi connectivity index (χ4v) is 1.55. The Morgan fingerprint density at radius 3 is 2.21 bits per heavy atom. The zero-order valence-electron chi connectivity index (χ0n) is 10.4. The van der Waals surface area contributed by atoms with Crippen LogP contribution in [0.5, 0.6) is 0 Å². The quantitative estimate of drug-likeness (QED) is 0.693. The van der Waals surface area contributed by atoms with Gasteiger partial charge in [0.25, 0.3) is 0 Å². The molecular formula is C12H27NO. The lowest BCUT2D eigenvalue weighted by molar-refractivity contribution is 0.0368. The third-order valence-electron chi connectivity index (χ3n) is 2.36. The average Bonchev–Trinajstić information content (AvgIpc) is 2.22. The Kier molecular flexibility index (Phi) is 9.42. The largest absolute Gasteiger partial charge is 0.379 e. The summed E-state index contributed by atoms with van der Waals surface area (Å²) in [5.74, 6) is 0.853. The monoisotopic (exact) mass is 201 g/mol. The third-order valence-corrected chi connectivity index (χ3v) is 2.36. The Bertz CT molecular complexity index is 109. The van der Waals surface area contributed by atoms with Crippen molar-refractivity contribution in [1.82, 2.24) is 4.90 Å². The lowest BCUT2D eigenvalue weighted by Gasteiger charge is -2.26. The van der Waals surface area contributed by atoms with E-state index in [1.807, 2.05) is 13.8 Å². The summed E-state index contributed by atoms with van der Waals surface area (Å²) in [5, 5.41) is 0. The van der Waals surface area contributed by atoms with Gasteiger partial charge in [0.2, 0.25) is 0 Å². The maximum absolute atomic E-state index is 5.29. The molecule has 0 unspecified atom stereocenters. The molecule has 0 N–H and O–H groups in total. The van der Waals surface area contributed by atoms with E-state index in [1.54, 1.807) is 0 Å². The van der Waals surface area contributed by atoms with E-state index in [0.717, 1.165) is 32.2 Å². The zero-order valence-corrected chi connectivity index (χ0v) is 10.4. The lowest BCUT2D eigenvalue weighted by atomic mass is 10.1. The van der Waals surface area contributed by atoms with Crippen molar-refractivity contribution in [1.29, 1.82) is 0 Å². The molecule has 2 nitrogen and oxygen atoms in total. The van der Waals surface area contributed by atoms with Crippen molar-refractivity contribution >= 4 is 0 Å². The van der Waals surface area contributed by atoms with Gasteiger partial charge in [-0.2, -0.15) is 0 Å². The second-order valence-electron chi connectivity index (χ2n) is 3.99. The first-order chi connectivity index (χ1) is 6.79. The molecule has 1 rings (SSSR count). The summed E-state index contributed by atoms with van der Waals surface area (Å²) in [5.41, 5.74) is 0. The topological polar surface area (TPSA) is 12.5 Å². The van der Waals surface area contributed by atoms with Crippen molar-refractivity contribution in [3.8, 4) is 0 Å². The normalized spacial score (nSPS) is 17.8. The van der Waals surface area contributed by atoms with Gasteiger partial charge in [-0.15, -0.1) is 0 Å². The van der Waals surface area contributed by atoms with E-state index in [1.165, 1.54) is 19.4 Å². The highest BCUT2D eigenvalue weighted by Crippen LogP contribution is 2.05. The second kappa shape index (κ2) is 9.47. The molecule has 1 saturated heterocycles. The molecule has 86 valence electrons. The van der Waals surface area contributed by atoms with Crippen molar-refractivity contribution < 1.29 is 4.74 Å². The van der Waals surface area contributed by atoms with Crippen molar-refractivity contribution in [2.24, 2.45) is 5.92 Å².